The van der Waals surface area contributed by atoms with Crippen molar-refractivity contribution in [3.05, 3.63) is 0 Å². The van der Waals surface area contributed by atoms with Gasteiger partial charge in [-0.05, 0) is 36.5 Å². The standard InChI is InChI=1S/C16H28N2O2/c1-11-7-6-8-12(2)16(11)13(19)18(14(20)17-16)10-9-15(3,4)5/h11-12H,6-10H2,1-5H3,(H,17,20). The third-order valence-corrected chi connectivity index (χ3v) is 5.07. The highest BCUT2D eigenvalue weighted by molar-refractivity contribution is 6.07. The summed E-state index contributed by atoms with van der Waals surface area (Å²) in [4.78, 5) is 26.6. The van der Waals surface area contributed by atoms with Gasteiger partial charge in [0.2, 0.25) is 0 Å². The Morgan fingerprint density at radius 3 is 2.25 bits per heavy atom. The molecule has 2 rings (SSSR count). The molecule has 0 aromatic carbocycles. The number of urea groups is 1. The van der Waals surface area contributed by atoms with E-state index in [1.54, 1.807) is 0 Å². The third kappa shape index (κ3) is 2.45. The second kappa shape index (κ2) is 5.05. The molecule has 0 aromatic heterocycles. The van der Waals surface area contributed by atoms with Gasteiger partial charge in [-0.25, -0.2) is 4.79 Å². The number of imide groups is 1. The van der Waals surface area contributed by atoms with Gasteiger partial charge in [0.15, 0.2) is 0 Å². The monoisotopic (exact) mass is 280 g/mol. The highest BCUT2D eigenvalue weighted by Crippen LogP contribution is 2.42. The van der Waals surface area contributed by atoms with Crippen LogP contribution in [-0.2, 0) is 4.79 Å². The van der Waals surface area contributed by atoms with Gasteiger partial charge in [-0.3, -0.25) is 9.69 Å². The molecule has 2 fully saturated rings. The van der Waals surface area contributed by atoms with Gasteiger partial charge in [0.1, 0.15) is 5.54 Å². The average molecular weight is 280 g/mol. The van der Waals surface area contributed by atoms with Crippen LogP contribution < -0.4 is 5.32 Å². The molecule has 1 aliphatic carbocycles. The normalized spacial score (nSPS) is 34.8. The molecule has 1 saturated carbocycles. The van der Waals surface area contributed by atoms with E-state index in [1.807, 2.05) is 0 Å². The fourth-order valence-corrected chi connectivity index (χ4v) is 3.60. The van der Waals surface area contributed by atoms with Crippen molar-refractivity contribution in [1.29, 1.82) is 0 Å². The Morgan fingerprint density at radius 1 is 1.20 bits per heavy atom. The van der Waals surface area contributed by atoms with Gasteiger partial charge in [0.05, 0.1) is 0 Å². The van der Waals surface area contributed by atoms with E-state index in [4.69, 9.17) is 0 Å². The number of carbonyl (C=O) groups is 2. The van der Waals surface area contributed by atoms with Gasteiger partial charge in [-0.1, -0.05) is 41.0 Å². The van der Waals surface area contributed by atoms with E-state index < -0.39 is 5.54 Å². The Kier molecular flexibility index (Phi) is 3.87. The predicted molar refractivity (Wildman–Crippen MR) is 79.2 cm³/mol. The maximum absolute atomic E-state index is 12.9. The number of hydrogen-bond acceptors (Lipinski definition) is 2. The van der Waals surface area contributed by atoms with Crippen molar-refractivity contribution < 1.29 is 9.59 Å². The number of nitrogens with zero attached hydrogens (tertiary/aromatic N) is 1. The number of amides is 3. The van der Waals surface area contributed by atoms with Crippen molar-refractivity contribution in [3.63, 3.8) is 0 Å². The van der Waals surface area contributed by atoms with Crippen LogP contribution in [0.2, 0.25) is 0 Å². The van der Waals surface area contributed by atoms with Gasteiger partial charge < -0.3 is 5.32 Å². The smallest absolute Gasteiger partial charge is 0.323 e. The molecule has 4 heteroatoms. The number of carbonyl (C=O) groups excluding carboxylic acids is 2. The summed E-state index contributed by atoms with van der Waals surface area (Å²) in [7, 11) is 0. The van der Waals surface area contributed by atoms with Crippen molar-refractivity contribution in [2.24, 2.45) is 17.3 Å². The fraction of sp³-hybridized carbons (Fsp3) is 0.875. The van der Waals surface area contributed by atoms with E-state index in [2.05, 4.69) is 39.9 Å². The summed E-state index contributed by atoms with van der Waals surface area (Å²) in [5, 5.41) is 3.04. The molecule has 3 amide bonds. The fourth-order valence-electron chi connectivity index (χ4n) is 3.60. The lowest BCUT2D eigenvalue weighted by molar-refractivity contribution is -0.136. The van der Waals surface area contributed by atoms with Crippen molar-refractivity contribution in [2.75, 3.05) is 6.54 Å². The molecule has 2 unspecified atom stereocenters. The molecule has 1 spiro atoms. The molecular formula is C16H28N2O2. The zero-order valence-corrected chi connectivity index (χ0v) is 13.5. The molecule has 2 aliphatic rings. The van der Waals surface area contributed by atoms with Crippen LogP contribution in [0.15, 0.2) is 0 Å². The molecule has 20 heavy (non-hydrogen) atoms. The molecular weight excluding hydrogens is 252 g/mol. The van der Waals surface area contributed by atoms with Crippen molar-refractivity contribution in [2.45, 2.75) is 65.8 Å². The maximum Gasteiger partial charge on any atom is 0.325 e. The molecule has 0 radical (unpaired) electrons. The minimum atomic E-state index is -0.646. The van der Waals surface area contributed by atoms with E-state index in [1.165, 1.54) is 4.90 Å². The minimum Gasteiger partial charge on any atom is -0.323 e. The maximum atomic E-state index is 12.9. The van der Waals surface area contributed by atoms with Gasteiger partial charge in [0.25, 0.3) is 5.91 Å². The first-order valence-electron chi connectivity index (χ1n) is 7.82. The van der Waals surface area contributed by atoms with E-state index in [0.29, 0.717) is 6.54 Å². The van der Waals surface area contributed by atoms with Crippen molar-refractivity contribution >= 4 is 11.9 Å². The zero-order valence-electron chi connectivity index (χ0n) is 13.5. The van der Waals surface area contributed by atoms with Crippen LogP contribution >= 0.6 is 0 Å². The topological polar surface area (TPSA) is 49.4 Å². The zero-order chi connectivity index (χ0) is 15.1. The third-order valence-electron chi connectivity index (χ3n) is 5.07. The lowest BCUT2D eigenvalue weighted by atomic mass is 9.67. The molecule has 2 atom stereocenters. The summed E-state index contributed by atoms with van der Waals surface area (Å²) in [6, 6.07) is -0.195. The van der Waals surface area contributed by atoms with Gasteiger partial charge >= 0.3 is 6.03 Å². The quantitative estimate of drug-likeness (QED) is 0.790. The van der Waals surface area contributed by atoms with E-state index in [-0.39, 0.29) is 29.2 Å². The summed E-state index contributed by atoms with van der Waals surface area (Å²) < 4.78 is 0. The SMILES string of the molecule is CC1CCCC(C)C12NC(=O)N(CCC(C)(C)C)C2=O. The highest BCUT2D eigenvalue weighted by atomic mass is 16.2. The first-order valence-corrected chi connectivity index (χ1v) is 7.82. The van der Waals surface area contributed by atoms with Crippen LogP contribution in [0.5, 0.6) is 0 Å². The average Bonchev–Trinajstić information content (AvgIpc) is 2.56. The summed E-state index contributed by atoms with van der Waals surface area (Å²) >= 11 is 0. The van der Waals surface area contributed by atoms with Gasteiger partial charge in [-0.15, -0.1) is 0 Å². The van der Waals surface area contributed by atoms with Crippen LogP contribution in [0.4, 0.5) is 4.79 Å². The second-order valence-electron chi connectivity index (χ2n) is 7.80. The van der Waals surface area contributed by atoms with Crippen molar-refractivity contribution in [3.8, 4) is 0 Å². The second-order valence-corrected chi connectivity index (χ2v) is 7.80. The largest absolute Gasteiger partial charge is 0.325 e. The lowest BCUT2D eigenvalue weighted by Gasteiger charge is -2.42. The first kappa shape index (κ1) is 15.3. The molecule has 4 nitrogen and oxygen atoms in total. The Morgan fingerprint density at radius 2 is 1.75 bits per heavy atom. The van der Waals surface area contributed by atoms with Crippen LogP contribution in [0, 0.1) is 17.3 Å². The molecule has 1 saturated heterocycles. The van der Waals surface area contributed by atoms with E-state index in [9.17, 15) is 9.59 Å². The van der Waals surface area contributed by atoms with Gasteiger partial charge in [-0.2, -0.15) is 0 Å². The number of rotatable bonds is 2. The molecule has 0 aromatic rings. The van der Waals surface area contributed by atoms with E-state index in [0.717, 1.165) is 25.7 Å². The van der Waals surface area contributed by atoms with Crippen LogP contribution in [0.3, 0.4) is 0 Å². The molecule has 1 N–H and O–H groups in total. The lowest BCUT2D eigenvalue weighted by Crippen LogP contribution is -2.58. The van der Waals surface area contributed by atoms with Crippen LogP contribution in [0.1, 0.15) is 60.3 Å². The summed E-state index contributed by atoms with van der Waals surface area (Å²) in [6.45, 7) is 11.1. The summed E-state index contributed by atoms with van der Waals surface area (Å²) in [5.74, 6) is 0.455. The molecule has 1 heterocycles. The van der Waals surface area contributed by atoms with Crippen LogP contribution in [0.25, 0.3) is 0 Å². The summed E-state index contributed by atoms with van der Waals surface area (Å²) in [6.07, 6.45) is 4.02. The first-order chi connectivity index (χ1) is 9.18. The Balaban J connectivity index is 2.19. The number of hydrogen-bond donors (Lipinski definition) is 1. The Hall–Kier alpha value is -1.06. The molecule has 1 aliphatic heterocycles. The predicted octanol–water partition coefficient (Wildman–Crippen LogP) is 3.17. The number of nitrogens with one attached hydrogen (secondary N) is 1. The van der Waals surface area contributed by atoms with Crippen LogP contribution in [-0.4, -0.2) is 28.9 Å². The Bertz CT molecular complexity index is 401. The van der Waals surface area contributed by atoms with Crippen molar-refractivity contribution in [1.82, 2.24) is 10.2 Å². The Labute approximate surface area is 122 Å². The van der Waals surface area contributed by atoms with E-state index >= 15 is 0 Å². The molecule has 114 valence electrons. The summed E-state index contributed by atoms with van der Waals surface area (Å²) in [5.41, 5.74) is -0.521. The molecule has 0 bridgehead atoms. The van der Waals surface area contributed by atoms with Gasteiger partial charge in [0, 0.05) is 6.54 Å². The highest BCUT2D eigenvalue weighted by Gasteiger charge is 2.58. The minimum absolute atomic E-state index is 0.00597.